The Morgan fingerprint density at radius 2 is 2.13 bits per heavy atom. The molecule has 1 atom stereocenters. The summed E-state index contributed by atoms with van der Waals surface area (Å²) in [7, 11) is 5.35. The van der Waals surface area contributed by atoms with Gasteiger partial charge in [0.2, 0.25) is 0 Å². The van der Waals surface area contributed by atoms with Gasteiger partial charge < -0.3 is 25.0 Å². The summed E-state index contributed by atoms with van der Waals surface area (Å²) in [6, 6.07) is 3.00. The number of nitro benzene ring substituents is 1. The van der Waals surface area contributed by atoms with Crippen molar-refractivity contribution in [3.63, 3.8) is 0 Å². The molecular weight excluding hydrogens is 304 g/mol. The van der Waals surface area contributed by atoms with E-state index in [2.05, 4.69) is 4.90 Å². The van der Waals surface area contributed by atoms with Gasteiger partial charge in [0.25, 0.3) is 5.69 Å². The first-order valence-electron chi connectivity index (χ1n) is 7.08. The van der Waals surface area contributed by atoms with E-state index in [1.165, 1.54) is 19.2 Å². The van der Waals surface area contributed by atoms with Gasteiger partial charge in [-0.3, -0.25) is 10.1 Å². The number of carbonyl (C=O) groups is 1. The molecule has 9 heteroatoms. The fourth-order valence-electron chi connectivity index (χ4n) is 2.67. The minimum Gasteiger partial charge on any atom is -0.493 e. The van der Waals surface area contributed by atoms with Crippen LogP contribution in [-0.2, 0) is 0 Å². The number of methoxy groups -OCH3 is 1. The summed E-state index contributed by atoms with van der Waals surface area (Å²) in [6.45, 7) is 1.37. The Bertz CT molecular complexity index is 619. The summed E-state index contributed by atoms with van der Waals surface area (Å²) in [4.78, 5) is 25.8. The van der Waals surface area contributed by atoms with E-state index in [9.17, 15) is 14.9 Å². The lowest BCUT2D eigenvalue weighted by Crippen LogP contribution is -2.31. The van der Waals surface area contributed by atoms with Crippen LogP contribution in [0.3, 0.4) is 0 Å². The third-order valence-corrected chi connectivity index (χ3v) is 3.90. The van der Waals surface area contributed by atoms with E-state index in [-0.39, 0.29) is 17.2 Å². The van der Waals surface area contributed by atoms with Crippen molar-refractivity contribution in [2.45, 2.75) is 12.5 Å². The Morgan fingerprint density at radius 3 is 2.61 bits per heavy atom. The van der Waals surface area contributed by atoms with Crippen molar-refractivity contribution in [1.82, 2.24) is 4.90 Å². The van der Waals surface area contributed by atoms with Crippen molar-refractivity contribution >= 4 is 17.5 Å². The van der Waals surface area contributed by atoms with Crippen molar-refractivity contribution in [3.8, 4) is 11.5 Å². The molecule has 0 aromatic heterocycles. The molecule has 2 N–H and O–H groups in total. The van der Waals surface area contributed by atoms with E-state index in [1.807, 2.05) is 19.0 Å². The van der Waals surface area contributed by atoms with Crippen LogP contribution < -0.4 is 20.1 Å². The van der Waals surface area contributed by atoms with Gasteiger partial charge in [0.05, 0.1) is 18.1 Å². The second-order valence-electron chi connectivity index (χ2n) is 5.52. The van der Waals surface area contributed by atoms with Crippen LogP contribution in [0.4, 0.5) is 16.2 Å². The average Bonchev–Trinajstić information content (AvgIpc) is 2.96. The van der Waals surface area contributed by atoms with Crippen LogP contribution in [0.5, 0.6) is 11.5 Å². The van der Waals surface area contributed by atoms with Crippen LogP contribution in [0, 0.1) is 10.1 Å². The average molecular weight is 324 g/mol. The van der Waals surface area contributed by atoms with E-state index in [4.69, 9.17) is 15.2 Å². The van der Waals surface area contributed by atoms with Gasteiger partial charge in [0.1, 0.15) is 5.69 Å². The highest BCUT2D eigenvalue weighted by Crippen LogP contribution is 2.41. The van der Waals surface area contributed by atoms with Crippen LogP contribution >= 0.6 is 0 Å². The first-order chi connectivity index (χ1) is 10.8. The highest BCUT2D eigenvalue weighted by molar-refractivity contribution is 5.74. The van der Waals surface area contributed by atoms with E-state index in [0.717, 1.165) is 6.42 Å². The molecule has 1 aliphatic heterocycles. The minimum atomic E-state index is -1.06. The molecule has 1 unspecified atom stereocenters. The molecule has 1 aromatic rings. The molecule has 126 valence electrons. The van der Waals surface area contributed by atoms with Gasteiger partial charge in [-0.15, -0.1) is 0 Å². The highest BCUT2D eigenvalue weighted by atomic mass is 16.6. The number of rotatable bonds is 5. The number of amides is 1. The fraction of sp³-hybridized carbons (Fsp3) is 0.500. The van der Waals surface area contributed by atoms with E-state index < -0.39 is 11.0 Å². The maximum atomic E-state index is 11.4. The van der Waals surface area contributed by atoms with Gasteiger partial charge in [-0.2, -0.15) is 0 Å². The molecule has 1 aliphatic rings. The van der Waals surface area contributed by atoms with E-state index >= 15 is 0 Å². The topological polar surface area (TPSA) is 111 Å². The van der Waals surface area contributed by atoms with Crippen LogP contribution in [0.15, 0.2) is 12.1 Å². The Labute approximate surface area is 133 Å². The SMILES string of the molecule is COc1cc(N2CCC(N(C)C)C2)c([N+](=O)[O-])cc1OC(N)=O. The lowest BCUT2D eigenvalue weighted by Gasteiger charge is -2.22. The number of benzene rings is 1. The first-order valence-corrected chi connectivity index (χ1v) is 7.08. The van der Waals surface area contributed by atoms with Crippen LogP contribution in [0.25, 0.3) is 0 Å². The molecular formula is C14H20N4O5. The molecule has 23 heavy (non-hydrogen) atoms. The summed E-state index contributed by atoms with van der Waals surface area (Å²) in [5, 5.41) is 11.4. The molecule has 1 fully saturated rings. The zero-order valence-electron chi connectivity index (χ0n) is 13.3. The van der Waals surface area contributed by atoms with Crippen LogP contribution in [-0.4, -0.2) is 56.3 Å². The standard InChI is InChI=1S/C14H20N4O5/c1-16(2)9-4-5-17(8-9)10-6-12(22-3)13(23-14(15)19)7-11(10)18(20)21/h6-7,9H,4-5,8H2,1-3H3,(H2,15,19). The number of ether oxygens (including phenoxy) is 2. The zero-order chi connectivity index (χ0) is 17.1. The van der Waals surface area contributed by atoms with Crippen LogP contribution in [0.2, 0.25) is 0 Å². The van der Waals surface area contributed by atoms with E-state index in [0.29, 0.717) is 24.8 Å². The Balaban J connectivity index is 2.42. The number of anilines is 1. The second kappa shape index (κ2) is 6.69. The van der Waals surface area contributed by atoms with Crippen molar-refractivity contribution in [3.05, 3.63) is 22.2 Å². The van der Waals surface area contributed by atoms with Crippen molar-refractivity contribution in [1.29, 1.82) is 0 Å². The second-order valence-corrected chi connectivity index (χ2v) is 5.52. The predicted molar refractivity (Wildman–Crippen MR) is 84.2 cm³/mol. The maximum absolute atomic E-state index is 11.4. The minimum absolute atomic E-state index is 0.0705. The summed E-state index contributed by atoms with van der Waals surface area (Å²) in [6.07, 6.45) is -0.148. The number of likely N-dealkylation sites (N-methyl/N-ethyl adjacent to an activating group) is 1. The molecule has 0 spiro atoms. The summed E-state index contributed by atoms with van der Waals surface area (Å²) >= 11 is 0. The number of carbonyl (C=O) groups excluding carboxylic acids is 1. The maximum Gasteiger partial charge on any atom is 0.410 e. The van der Waals surface area contributed by atoms with Gasteiger partial charge in [-0.1, -0.05) is 0 Å². The molecule has 1 aromatic carbocycles. The van der Waals surface area contributed by atoms with Gasteiger partial charge in [-0.05, 0) is 20.5 Å². The summed E-state index contributed by atoms with van der Waals surface area (Å²) < 4.78 is 9.95. The molecule has 2 rings (SSSR count). The Hall–Kier alpha value is -2.55. The molecule has 0 aliphatic carbocycles. The summed E-state index contributed by atoms with van der Waals surface area (Å²) in [5.41, 5.74) is 5.27. The molecule has 1 heterocycles. The molecule has 0 radical (unpaired) electrons. The van der Waals surface area contributed by atoms with Crippen molar-refractivity contribution < 1.29 is 19.2 Å². The highest BCUT2D eigenvalue weighted by Gasteiger charge is 2.30. The number of hydrogen-bond acceptors (Lipinski definition) is 7. The van der Waals surface area contributed by atoms with Gasteiger partial charge in [-0.25, -0.2) is 4.79 Å². The third-order valence-electron chi connectivity index (χ3n) is 3.90. The lowest BCUT2D eigenvalue weighted by atomic mass is 10.2. The number of hydrogen-bond donors (Lipinski definition) is 1. The quantitative estimate of drug-likeness (QED) is 0.640. The monoisotopic (exact) mass is 324 g/mol. The third kappa shape index (κ3) is 3.62. The first kappa shape index (κ1) is 16.8. The Morgan fingerprint density at radius 1 is 1.43 bits per heavy atom. The molecule has 9 nitrogen and oxygen atoms in total. The van der Waals surface area contributed by atoms with E-state index in [1.54, 1.807) is 0 Å². The number of nitrogens with zero attached hydrogens (tertiary/aromatic N) is 3. The number of primary amides is 1. The molecule has 0 saturated carbocycles. The smallest absolute Gasteiger partial charge is 0.410 e. The predicted octanol–water partition coefficient (Wildman–Crippen LogP) is 1.20. The van der Waals surface area contributed by atoms with Crippen LogP contribution in [0.1, 0.15) is 6.42 Å². The van der Waals surface area contributed by atoms with Gasteiger partial charge in [0.15, 0.2) is 11.5 Å². The zero-order valence-corrected chi connectivity index (χ0v) is 13.3. The lowest BCUT2D eigenvalue weighted by molar-refractivity contribution is -0.384. The Kier molecular flexibility index (Phi) is 4.89. The number of nitrogens with two attached hydrogens (primary N) is 1. The van der Waals surface area contributed by atoms with Gasteiger partial charge >= 0.3 is 6.09 Å². The largest absolute Gasteiger partial charge is 0.493 e. The van der Waals surface area contributed by atoms with Crippen molar-refractivity contribution in [2.24, 2.45) is 5.73 Å². The fourth-order valence-corrected chi connectivity index (χ4v) is 2.67. The molecule has 1 amide bonds. The van der Waals surface area contributed by atoms with Gasteiger partial charge in [0, 0.05) is 25.2 Å². The number of nitro groups is 1. The van der Waals surface area contributed by atoms with Crippen molar-refractivity contribution in [2.75, 3.05) is 39.2 Å². The molecule has 0 bridgehead atoms. The summed E-state index contributed by atoms with van der Waals surface area (Å²) in [5.74, 6) is 0.150. The molecule has 1 saturated heterocycles. The normalized spacial score (nSPS) is 17.4.